The van der Waals surface area contributed by atoms with Gasteiger partial charge in [0, 0.05) is 0 Å². The van der Waals surface area contributed by atoms with E-state index in [4.69, 9.17) is 33.2 Å². The SMILES string of the molecule is COC(=O)[C@H](CC1CCCCC1)OC1C(O)C(CO)OC(OC2CC(C)CC(C)C2OC2OC(C)C(O)C(O)C2O)C1OC(=O)c1ccccc1. The summed E-state index contributed by atoms with van der Waals surface area (Å²) in [6.07, 6.45) is -9.49. The quantitative estimate of drug-likeness (QED) is 0.196. The minimum Gasteiger partial charge on any atom is -0.467 e. The molecule has 14 nitrogen and oxygen atoms in total. The van der Waals surface area contributed by atoms with Crippen LogP contribution >= 0.6 is 0 Å². The fourth-order valence-electron chi connectivity index (χ4n) is 8.02. The Morgan fingerprint density at radius 2 is 1.53 bits per heavy atom. The van der Waals surface area contributed by atoms with Crippen molar-refractivity contribution >= 4 is 11.9 Å². The molecule has 0 aromatic heterocycles. The van der Waals surface area contributed by atoms with Crippen LogP contribution in [-0.4, -0.2) is 131 Å². The molecule has 0 spiro atoms. The second-order valence-electron chi connectivity index (χ2n) is 14.8. The van der Waals surface area contributed by atoms with E-state index in [1.165, 1.54) is 7.11 Å². The fourth-order valence-corrected chi connectivity index (χ4v) is 8.02. The fraction of sp³-hybridized carbons (Fsp3) is 0.784. The van der Waals surface area contributed by atoms with E-state index in [1.807, 2.05) is 13.8 Å². The lowest BCUT2D eigenvalue weighted by molar-refractivity contribution is -0.349. The summed E-state index contributed by atoms with van der Waals surface area (Å²) in [6, 6.07) is 8.24. The Morgan fingerprint density at radius 3 is 2.20 bits per heavy atom. The average molecular weight is 725 g/mol. The van der Waals surface area contributed by atoms with Gasteiger partial charge >= 0.3 is 11.9 Å². The van der Waals surface area contributed by atoms with Crippen molar-refractivity contribution in [3.8, 4) is 0 Å². The number of carbonyl (C=O) groups is 2. The third-order valence-corrected chi connectivity index (χ3v) is 10.9. The number of aliphatic hydroxyl groups excluding tert-OH is 5. The van der Waals surface area contributed by atoms with Crippen molar-refractivity contribution in [1.29, 1.82) is 0 Å². The van der Waals surface area contributed by atoms with Crippen LogP contribution in [0.5, 0.6) is 0 Å². The standard InChI is InChI=1S/C37H56O14/c1-19-15-20(2)31(51-36-30(42)29(41)27(39)21(3)46-36)24(16-19)48-37-33(50-34(43)23-13-9-6-10-14-23)32(28(40)26(18-38)49-37)47-25(35(44)45-4)17-22-11-7-5-8-12-22/h6,9-10,13-14,19-22,24-33,36-42H,5,7-8,11-12,15-18H2,1-4H3/t19?,20?,21?,24?,25-,26?,27?,28?,29?,30?,31?,32?,33?,36?,37?/m0/s1. The number of hydrogen-bond donors (Lipinski definition) is 5. The monoisotopic (exact) mass is 724 g/mol. The number of ether oxygens (including phenoxy) is 7. The first kappa shape index (κ1) is 40.0. The van der Waals surface area contributed by atoms with Crippen LogP contribution in [-0.2, 0) is 38.0 Å². The molecule has 4 fully saturated rings. The van der Waals surface area contributed by atoms with Gasteiger partial charge in [0.05, 0.1) is 37.6 Å². The smallest absolute Gasteiger partial charge is 0.338 e. The molecule has 288 valence electrons. The van der Waals surface area contributed by atoms with Gasteiger partial charge in [-0.25, -0.2) is 9.59 Å². The molecule has 15 atom stereocenters. The van der Waals surface area contributed by atoms with Gasteiger partial charge in [0.2, 0.25) is 0 Å². The second-order valence-corrected chi connectivity index (χ2v) is 14.8. The van der Waals surface area contributed by atoms with Crippen molar-refractivity contribution in [3.63, 3.8) is 0 Å². The highest BCUT2D eigenvalue weighted by Crippen LogP contribution is 2.39. The highest BCUT2D eigenvalue weighted by molar-refractivity contribution is 5.89. The van der Waals surface area contributed by atoms with Gasteiger partial charge in [0.25, 0.3) is 0 Å². The van der Waals surface area contributed by atoms with Crippen LogP contribution < -0.4 is 0 Å². The normalized spacial score (nSPS) is 39.9. The highest BCUT2D eigenvalue weighted by Gasteiger charge is 2.53. The molecule has 0 amide bonds. The van der Waals surface area contributed by atoms with Gasteiger partial charge in [-0.3, -0.25) is 0 Å². The lowest BCUT2D eigenvalue weighted by Gasteiger charge is -2.48. The molecule has 5 N–H and O–H groups in total. The topological polar surface area (TPSA) is 200 Å². The van der Waals surface area contributed by atoms with Gasteiger partial charge in [-0.15, -0.1) is 0 Å². The van der Waals surface area contributed by atoms with E-state index in [-0.39, 0.29) is 23.3 Å². The Balaban J connectivity index is 1.45. The summed E-state index contributed by atoms with van der Waals surface area (Å²) in [6.45, 7) is 4.93. The first-order valence-electron chi connectivity index (χ1n) is 18.4. The molecule has 14 heteroatoms. The summed E-state index contributed by atoms with van der Waals surface area (Å²) < 4.78 is 42.3. The molecule has 51 heavy (non-hydrogen) atoms. The lowest BCUT2D eigenvalue weighted by atomic mass is 9.79. The van der Waals surface area contributed by atoms with Gasteiger partial charge in [-0.2, -0.15) is 0 Å². The number of rotatable bonds is 12. The molecule has 4 aliphatic rings. The summed E-state index contributed by atoms with van der Waals surface area (Å²) in [4.78, 5) is 26.7. The third kappa shape index (κ3) is 9.66. The van der Waals surface area contributed by atoms with Crippen molar-refractivity contribution in [2.24, 2.45) is 17.8 Å². The molecule has 2 saturated heterocycles. The summed E-state index contributed by atoms with van der Waals surface area (Å²) in [7, 11) is 1.26. The van der Waals surface area contributed by atoms with Crippen LogP contribution in [0.15, 0.2) is 30.3 Å². The molecule has 0 bridgehead atoms. The van der Waals surface area contributed by atoms with E-state index in [2.05, 4.69) is 0 Å². The first-order valence-corrected chi connectivity index (χ1v) is 18.4. The number of esters is 2. The summed E-state index contributed by atoms with van der Waals surface area (Å²) in [5.41, 5.74) is 0.222. The van der Waals surface area contributed by atoms with Crippen LogP contribution in [0.25, 0.3) is 0 Å². The zero-order chi connectivity index (χ0) is 36.8. The maximum Gasteiger partial charge on any atom is 0.338 e. The third-order valence-electron chi connectivity index (χ3n) is 10.9. The van der Waals surface area contributed by atoms with E-state index in [9.17, 15) is 35.1 Å². The van der Waals surface area contributed by atoms with E-state index in [0.717, 1.165) is 38.5 Å². The highest BCUT2D eigenvalue weighted by atomic mass is 16.7. The molecule has 5 rings (SSSR count). The molecular weight excluding hydrogens is 668 g/mol. The van der Waals surface area contributed by atoms with Gasteiger partial charge in [0.15, 0.2) is 24.8 Å². The summed E-state index contributed by atoms with van der Waals surface area (Å²) >= 11 is 0. The molecule has 1 aromatic rings. The molecule has 2 aliphatic heterocycles. The number of benzene rings is 1. The van der Waals surface area contributed by atoms with Gasteiger partial charge in [-0.1, -0.05) is 64.2 Å². The maximum atomic E-state index is 13.6. The van der Waals surface area contributed by atoms with Crippen molar-refractivity contribution < 1.29 is 68.3 Å². The van der Waals surface area contributed by atoms with Gasteiger partial charge in [0.1, 0.15) is 36.6 Å². The van der Waals surface area contributed by atoms with Crippen molar-refractivity contribution in [2.45, 2.75) is 152 Å². The Hall–Kier alpha value is -2.24. The predicted molar refractivity (Wildman–Crippen MR) is 179 cm³/mol. The number of aliphatic hydroxyl groups is 5. The Kier molecular flexibility index (Phi) is 14.3. The Bertz CT molecular complexity index is 1240. The molecule has 2 heterocycles. The van der Waals surface area contributed by atoms with Crippen LogP contribution in [0, 0.1) is 17.8 Å². The second kappa shape index (κ2) is 18.2. The molecule has 0 radical (unpaired) electrons. The molecule has 2 aliphatic carbocycles. The first-order chi connectivity index (χ1) is 24.4. The van der Waals surface area contributed by atoms with E-state index in [1.54, 1.807) is 37.3 Å². The predicted octanol–water partition coefficient (Wildman–Crippen LogP) is 1.85. The van der Waals surface area contributed by atoms with Crippen molar-refractivity contribution in [2.75, 3.05) is 13.7 Å². The van der Waals surface area contributed by atoms with Crippen molar-refractivity contribution in [3.05, 3.63) is 35.9 Å². The van der Waals surface area contributed by atoms with Crippen LogP contribution in [0.4, 0.5) is 0 Å². The lowest BCUT2D eigenvalue weighted by Crippen LogP contribution is -2.64. The molecule has 14 unspecified atom stereocenters. The number of hydrogen-bond acceptors (Lipinski definition) is 14. The van der Waals surface area contributed by atoms with E-state index in [0.29, 0.717) is 12.8 Å². The van der Waals surface area contributed by atoms with Crippen LogP contribution in [0.2, 0.25) is 0 Å². The maximum absolute atomic E-state index is 13.6. The van der Waals surface area contributed by atoms with Gasteiger partial charge in [-0.05, 0) is 56.1 Å². The number of methoxy groups -OCH3 is 1. The average Bonchev–Trinajstić information content (AvgIpc) is 3.13. The van der Waals surface area contributed by atoms with Gasteiger partial charge < -0.3 is 58.7 Å². The van der Waals surface area contributed by atoms with Crippen LogP contribution in [0.1, 0.15) is 82.5 Å². The summed E-state index contributed by atoms with van der Waals surface area (Å²) in [5.74, 6) is -1.20. The summed E-state index contributed by atoms with van der Waals surface area (Å²) in [5, 5.41) is 53.3. The largest absolute Gasteiger partial charge is 0.467 e. The zero-order valence-electron chi connectivity index (χ0n) is 29.9. The minimum atomic E-state index is -1.54. The minimum absolute atomic E-state index is 0.145. The Labute approximate surface area is 299 Å². The zero-order valence-corrected chi connectivity index (χ0v) is 29.9. The number of carbonyl (C=O) groups excluding carboxylic acids is 2. The molecular formula is C37H56O14. The molecule has 2 saturated carbocycles. The van der Waals surface area contributed by atoms with Crippen molar-refractivity contribution in [1.82, 2.24) is 0 Å². The van der Waals surface area contributed by atoms with E-state index < -0.39 is 98.3 Å². The Morgan fingerprint density at radius 1 is 0.824 bits per heavy atom. The van der Waals surface area contributed by atoms with Crippen LogP contribution in [0.3, 0.4) is 0 Å². The van der Waals surface area contributed by atoms with E-state index >= 15 is 0 Å². The molecule has 1 aromatic carbocycles.